The molecule has 5 rings (SSSR count). The number of phenols is 1. The van der Waals surface area contributed by atoms with Crippen LogP contribution in [0.5, 0.6) is 11.5 Å². The van der Waals surface area contributed by atoms with Crippen LogP contribution in [-0.2, 0) is 20.2 Å². The van der Waals surface area contributed by atoms with Crippen molar-refractivity contribution < 1.29 is 28.2 Å². The summed E-state index contributed by atoms with van der Waals surface area (Å²) in [6.45, 7) is 0.207. The van der Waals surface area contributed by atoms with E-state index in [0.717, 1.165) is 12.0 Å². The molecule has 1 amide bonds. The summed E-state index contributed by atoms with van der Waals surface area (Å²) in [5, 5.41) is 22.3. The summed E-state index contributed by atoms with van der Waals surface area (Å²) < 4.78 is 32.6. The number of hydrogen-bond donors (Lipinski definition) is 3. The number of pyridine rings is 1. The third kappa shape index (κ3) is 4.68. The second-order valence-corrected chi connectivity index (χ2v) is 11.3. The van der Waals surface area contributed by atoms with Crippen molar-refractivity contribution in [3.8, 4) is 22.8 Å². The van der Waals surface area contributed by atoms with E-state index in [4.69, 9.17) is 4.74 Å². The summed E-state index contributed by atoms with van der Waals surface area (Å²) in [4.78, 5) is 18.0. The lowest BCUT2D eigenvalue weighted by molar-refractivity contribution is -0.118. The van der Waals surface area contributed by atoms with E-state index in [1.165, 1.54) is 17.5 Å². The Hall–Kier alpha value is -3.47. The predicted octanol–water partition coefficient (Wildman–Crippen LogP) is 3.28. The minimum absolute atomic E-state index is 0.0179. The van der Waals surface area contributed by atoms with E-state index in [1.807, 2.05) is 0 Å². The largest absolute Gasteiger partial charge is 0.504 e. The molecule has 10 heteroatoms. The number of anilines is 1. The second kappa shape index (κ2) is 9.77. The maximum atomic E-state index is 13.2. The summed E-state index contributed by atoms with van der Waals surface area (Å²) in [6.07, 6.45) is 2.73. The van der Waals surface area contributed by atoms with Gasteiger partial charge in [-0.15, -0.1) is 0 Å². The first-order valence-corrected chi connectivity index (χ1v) is 13.6. The van der Waals surface area contributed by atoms with Crippen LogP contribution in [0.3, 0.4) is 0 Å². The van der Waals surface area contributed by atoms with Crippen LogP contribution in [0.2, 0.25) is 0 Å². The van der Waals surface area contributed by atoms with Gasteiger partial charge in [0.15, 0.2) is 11.5 Å². The molecule has 1 unspecified atom stereocenters. The average molecular weight is 524 g/mol. The Morgan fingerprint density at radius 3 is 2.59 bits per heavy atom. The highest BCUT2D eigenvalue weighted by molar-refractivity contribution is 7.89. The molecule has 2 aromatic carbocycles. The van der Waals surface area contributed by atoms with Gasteiger partial charge in [0.1, 0.15) is 5.82 Å². The number of amides is 1. The number of aliphatic hydroxyl groups is 1. The number of carbonyl (C=O) groups excluding carboxylic acids is 1. The number of phenolic OH excluding ortho intramolecular Hbond substituents is 1. The van der Waals surface area contributed by atoms with Gasteiger partial charge < -0.3 is 20.3 Å². The number of hydrogen-bond acceptors (Lipinski definition) is 7. The lowest BCUT2D eigenvalue weighted by Gasteiger charge is -2.22. The number of aromatic hydroxyl groups is 1. The minimum Gasteiger partial charge on any atom is -0.504 e. The number of nitrogens with zero attached hydrogens (tertiary/aromatic N) is 2. The fourth-order valence-electron chi connectivity index (χ4n) is 4.89. The molecule has 3 aromatic rings. The smallest absolute Gasteiger partial charge is 0.243 e. The molecule has 0 bridgehead atoms. The summed E-state index contributed by atoms with van der Waals surface area (Å²) in [5.41, 5.74) is 1.37. The van der Waals surface area contributed by atoms with Crippen molar-refractivity contribution in [2.24, 2.45) is 0 Å². The summed E-state index contributed by atoms with van der Waals surface area (Å²) in [6, 6.07) is 16.3. The molecule has 0 spiro atoms. The molecule has 1 aromatic heterocycles. The van der Waals surface area contributed by atoms with Crippen LogP contribution >= 0.6 is 0 Å². The molecule has 3 N–H and O–H groups in total. The van der Waals surface area contributed by atoms with Gasteiger partial charge in [-0.05, 0) is 67.6 Å². The lowest BCUT2D eigenvalue weighted by atomic mass is 9.94. The van der Waals surface area contributed by atoms with Gasteiger partial charge in [-0.1, -0.05) is 24.3 Å². The van der Waals surface area contributed by atoms with E-state index in [0.29, 0.717) is 48.6 Å². The van der Waals surface area contributed by atoms with Gasteiger partial charge in [-0.2, -0.15) is 4.31 Å². The van der Waals surface area contributed by atoms with Crippen LogP contribution in [0.1, 0.15) is 31.2 Å². The number of carbonyl (C=O) groups is 1. The van der Waals surface area contributed by atoms with E-state index < -0.39 is 15.4 Å². The molecule has 1 aliphatic carbocycles. The molecule has 0 radical (unpaired) electrons. The van der Waals surface area contributed by atoms with Gasteiger partial charge in [0.05, 0.1) is 29.7 Å². The van der Waals surface area contributed by atoms with Crippen LogP contribution in [0, 0.1) is 0 Å². The maximum Gasteiger partial charge on any atom is 0.243 e. The number of ether oxygens (including phenoxy) is 1. The number of nitrogens with one attached hydrogen (secondary N) is 1. The Morgan fingerprint density at radius 1 is 1.16 bits per heavy atom. The molecule has 1 saturated carbocycles. The number of aliphatic hydroxyl groups excluding tert-OH is 1. The van der Waals surface area contributed by atoms with Crippen molar-refractivity contribution in [2.75, 3.05) is 25.6 Å². The number of benzene rings is 2. The van der Waals surface area contributed by atoms with E-state index in [1.54, 1.807) is 54.6 Å². The van der Waals surface area contributed by atoms with Gasteiger partial charge in [0, 0.05) is 18.2 Å². The lowest BCUT2D eigenvalue weighted by Crippen LogP contribution is -2.37. The second-order valence-electron chi connectivity index (χ2n) is 9.45. The van der Waals surface area contributed by atoms with Crippen LogP contribution in [0.25, 0.3) is 11.3 Å². The van der Waals surface area contributed by atoms with Crippen molar-refractivity contribution in [1.29, 1.82) is 0 Å². The summed E-state index contributed by atoms with van der Waals surface area (Å²) >= 11 is 0. The summed E-state index contributed by atoms with van der Waals surface area (Å²) in [5.74, 6) is 0.539. The summed E-state index contributed by atoms with van der Waals surface area (Å²) in [7, 11) is -2.23. The van der Waals surface area contributed by atoms with Crippen LogP contribution in [0.15, 0.2) is 65.6 Å². The fraction of sp³-hybridized carbons (Fsp3) is 0.333. The third-order valence-electron chi connectivity index (χ3n) is 7.20. The number of rotatable bonds is 8. The highest BCUT2D eigenvalue weighted by Crippen LogP contribution is 2.50. The van der Waals surface area contributed by atoms with E-state index in [2.05, 4.69) is 10.3 Å². The zero-order chi connectivity index (χ0) is 26.2. The van der Waals surface area contributed by atoms with Crippen LogP contribution in [-0.4, -0.2) is 60.1 Å². The van der Waals surface area contributed by atoms with Gasteiger partial charge in [0.2, 0.25) is 15.9 Å². The molecule has 2 heterocycles. The normalized spacial score (nSPS) is 18.9. The molecule has 194 valence electrons. The van der Waals surface area contributed by atoms with Crippen molar-refractivity contribution >= 4 is 21.7 Å². The van der Waals surface area contributed by atoms with Crippen molar-refractivity contribution in [3.63, 3.8) is 0 Å². The zero-order valence-corrected chi connectivity index (χ0v) is 21.2. The molecule has 1 atom stereocenters. The molecule has 1 aliphatic heterocycles. The Kier molecular flexibility index (Phi) is 6.65. The number of methoxy groups -OCH3 is 1. The van der Waals surface area contributed by atoms with Crippen molar-refractivity contribution in [1.82, 2.24) is 9.29 Å². The average Bonchev–Trinajstić information content (AvgIpc) is 3.58. The van der Waals surface area contributed by atoms with Crippen molar-refractivity contribution in [2.45, 2.75) is 42.0 Å². The number of sulfonamides is 1. The minimum atomic E-state index is -3.70. The maximum absolute atomic E-state index is 13.2. The highest BCUT2D eigenvalue weighted by Gasteiger charge is 2.51. The molecule has 2 fully saturated rings. The molecule has 1 saturated heterocycles. The van der Waals surface area contributed by atoms with E-state index in [9.17, 15) is 23.4 Å². The molecular weight excluding hydrogens is 494 g/mol. The molecular formula is C27H29N3O6S. The number of aromatic nitrogens is 1. The Bertz CT molecular complexity index is 1420. The first-order valence-electron chi connectivity index (χ1n) is 12.2. The Balaban J connectivity index is 1.33. The highest BCUT2D eigenvalue weighted by atomic mass is 32.2. The third-order valence-corrected chi connectivity index (χ3v) is 9.16. The Labute approximate surface area is 215 Å². The first kappa shape index (κ1) is 25.2. The monoisotopic (exact) mass is 523 g/mol. The van der Waals surface area contributed by atoms with E-state index >= 15 is 0 Å². The van der Waals surface area contributed by atoms with Gasteiger partial charge in [-0.25, -0.2) is 13.4 Å². The van der Waals surface area contributed by atoms with Crippen LogP contribution in [0.4, 0.5) is 5.82 Å². The quantitative estimate of drug-likeness (QED) is 0.413. The predicted molar refractivity (Wildman–Crippen MR) is 138 cm³/mol. The topological polar surface area (TPSA) is 129 Å². The van der Waals surface area contributed by atoms with Gasteiger partial charge in [0.25, 0.3) is 0 Å². The molecule has 9 nitrogen and oxygen atoms in total. The fourth-order valence-corrected chi connectivity index (χ4v) is 6.57. The first-order chi connectivity index (χ1) is 17.8. The van der Waals surface area contributed by atoms with Gasteiger partial charge >= 0.3 is 0 Å². The molecule has 37 heavy (non-hydrogen) atoms. The van der Waals surface area contributed by atoms with Crippen molar-refractivity contribution in [3.05, 3.63) is 66.2 Å². The van der Waals surface area contributed by atoms with Crippen LogP contribution < -0.4 is 10.1 Å². The standard InChI is InChI=1S/C27H29N3O6S/c1-36-24-16-19(9-12-23(24)32)27(13-14-27)26(33)29-25-6-2-5-22(28-25)18-7-10-21(11-8-18)37(34,35)30-15-3-4-20(30)17-31/h2,5-12,16,20,31-32H,3-4,13-15,17H2,1H3,(H,28,29,33). The zero-order valence-electron chi connectivity index (χ0n) is 20.4. The molecule has 2 aliphatic rings. The van der Waals surface area contributed by atoms with E-state index in [-0.39, 0.29) is 29.2 Å². The Morgan fingerprint density at radius 2 is 1.92 bits per heavy atom. The van der Waals surface area contributed by atoms with Gasteiger partial charge in [-0.3, -0.25) is 4.79 Å². The SMILES string of the molecule is COc1cc(C2(C(=O)Nc3cccc(-c4ccc(S(=O)(=O)N5CCCC5CO)cc4)n3)CC2)ccc1O.